The molecule has 1 N–H and O–H groups in total. The lowest BCUT2D eigenvalue weighted by atomic mass is 9.83. The van der Waals surface area contributed by atoms with Crippen molar-refractivity contribution in [3.05, 3.63) is 35.9 Å². The van der Waals surface area contributed by atoms with Gasteiger partial charge < -0.3 is 5.32 Å². The molecular weight excluding hydrogens is 256 g/mol. The predicted molar refractivity (Wildman–Crippen MR) is 91.7 cm³/mol. The molecule has 0 spiro atoms. The normalized spacial score (nSPS) is 25.9. The first-order valence-electron chi connectivity index (χ1n) is 8.61. The van der Waals surface area contributed by atoms with Crippen LogP contribution in [0.1, 0.15) is 52.5 Å². The van der Waals surface area contributed by atoms with E-state index < -0.39 is 0 Å². The average Bonchev–Trinajstić information content (AvgIpc) is 2.55. The Labute approximate surface area is 130 Å². The van der Waals surface area contributed by atoms with Crippen LogP contribution in [0, 0.1) is 0 Å². The zero-order valence-electron chi connectivity index (χ0n) is 14.3. The van der Waals surface area contributed by atoms with E-state index in [1.54, 1.807) is 0 Å². The van der Waals surface area contributed by atoms with Crippen molar-refractivity contribution in [3.63, 3.8) is 0 Å². The van der Waals surface area contributed by atoms with Crippen LogP contribution in [0.15, 0.2) is 30.3 Å². The highest BCUT2D eigenvalue weighted by atomic mass is 15.3. The number of nitrogens with one attached hydrogen (secondary N) is 1. The summed E-state index contributed by atoms with van der Waals surface area (Å²) in [4.78, 5) is 2.74. The molecule has 1 aliphatic heterocycles. The predicted octanol–water partition coefficient (Wildman–Crippen LogP) is 3.86. The Hall–Kier alpha value is -0.860. The molecule has 0 radical (unpaired) electrons. The van der Waals surface area contributed by atoms with Gasteiger partial charge in [0.15, 0.2) is 0 Å². The Morgan fingerprint density at radius 2 is 1.71 bits per heavy atom. The van der Waals surface area contributed by atoms with Gasteiger partial charge >= 0.3 is 0 Å². The second kappa shape index (κ2) is 6.93. The smallest absolute Gasteiger partial charge is 0.0304 e. The van der Waals surface area contributed by atoms with Crippen molar-refractivity contribution in [1.82, 2.24) is 10.2 Å². The molecule has 0 saturated carbocycles. The van der Waals surface area contributed by atoms with E-state index in [9.17, 15) is 0 Å². The Balaban J connectivity index is 2.08. The first-order chi connectivity index (χ1) is 10.1. The standard InChI is InChI=1S/C19H32N2/c1-5-18(4)15-20-19(6-2,7-3)16-21(18)14-13-17-11-9-8-10-12-17/h8-12,20H,5-7,13-16H2,1-4H3. The Morgan fingerprint density at radius 3 is 2.29 bits per heavy atom. The fourth-order valence-electron chi connectivity index (χ4n) is 3.43. The number of hydrogen-bond acceptors (Lipinski definition) is 2. The molecule has 0 aromatic heterocycles. The molecule has 1 atom stereocenters. The zero-order valence-corrected chi connectivity index (χ0v) is 14.3. The van der Waals surface area contributed by atoms with E-state index in [0.717, 1.165) is 19.5 Å². The Bertz CT molecular complexity index is 424. The molecule has 1 unspecified atom stereocenters. The minimum Gasteiger partial charge on any atom is -0.308 e. The maximum atomic E-state index is 3.86. The molecule has 0 bridgehead atoms. The molecular formula is C19H32N2. The number of nitrogens with zero attached hydrogens (tertiary/aromatic N) is 1. The summed E-state index contributed by atoms with van der Waals surface area (Å²) in [6.07, 6.45) is 4.79. The minimum atomic E-state index is 0.294. The van der Waals surface area contributed by atoms with Crippen LogP contribution in [0.2, 0.25) is 0 Å². The van der Waals surface area contributed by atoms with Crippen LogP contribution in [-0.2, 0) is 6.42 Å². The maximum absolute atomic E-state index is 3.86. The molecule has 2 heteroatoms. The maximum Gasteiger partial charge on any atom is 0.0304 e. The first-order valence-corrected chi connectivity index (χ1v) is 8.61. The van der Waals surface area contributed by atoms with Crippen LogP contribution in [-0.4, -0.2) is 35.6 Å². The van der Waals surface area contributed by atoms with Gasteiger partial charge in [-0.1, -0.05) is 51.1 Å². The minimum absolute atomic E-state index is 0.294. The van der Waals surface area contributed by atoms with Gasteiger partial charge in [-0.2, -0.15) is 0 Å². The average molecular weight is 288 g/mol. The lowest BCUT2D eigenvalue weighted by molar-refractivity contribution is 0.0100. The van der Waals surface area contributed by atoms with E-state index in [1.807, 2.05) is 0 Å². The largest absolute Gasteiger partial charge is 0.308 e. The van der Waals surface area contributed by atoms with Crippen molar-refractivity contribution >= 4 is 0 Å². The molecule has 2 nitrogen and oxygen atoms in total. The van der Waals surface area contributed by atoms with E-state index in [1.165, 1.54) is 31.4 Å². The van der Waals surface area contributed by atoms with Gasteiger partial charge in [-0.15, -0.1) is 0 Å². The topological polar surface area (TPSA) is 15.3 Å². The van der Waals surface area contributed by atoms with Crippen LogP contribution >= 0.6 is 0 Å². The summed E-state index contributed by atoms with van der Waals surface area (Å²) in [5.74, 6) is 0. The van der Waals surface area contributed by atoms with Crippen molar-refractivity contribution in [3.8, 4) is 0 Å². The third-order valence-electron chi connectivity index (χ3n) is 5.73. The summed E-state index contributed by atoms with van der Waals surface area (Å²) in [6, 6.07) is 10.9. The van der Waals surface area contributed by atoms with Gasteiger partial charge in [0.2, 0.25) is 0 Å². The third kappa shape index (κ3) is 3.67. The second-order valence-electron chi connectivity index (χ2n) is 6.85. The van der Waals surface area contributed by atoms with E-state index in [0.29, 0.717) is 11.1 Å². The Kier molecular flexibility index (Phi) is 5.45. The quantitative estimate of drug-likeness (QED) is 0.855. The number of hydrogen-bond donors (Lipinski definition) is 1. The van der Waals surface area contributed by atoms with E-state index in [2.05, 4.69) is 68.2 Å². The molecule has 21 heavy (non-hydrogen) atoms. The highest BCUT2D eigenvalue weighted by Crippen LogP contribution is 2.30. The Morgan fingerprint density at radius 1 is 1.05 bits per heavy atom. The van der Waals surface area contributed by atoms with Gasteiger partial charge in [0.25, 0.3) is 0 Å². The molecule has 1 aromatic carbocycles. The monoisotopic (exact) mass is 288 g/mol. The van der Waals surface area contributed by atoms with Gasteiger partial charge in [-0.25, -0.2) is 0 Å². The van der Waals surface area contributed by atoms with Crippen LogP contribution in [0.3, 0.4) is 0 Å². The lowest BCUT2D eigenvalue weighted by Crippen LogP contribution is -2.68. The highest BCUT2D eigenvalue weighted by Gasteiger charge is 2.41. The molecule has 118 valence electrons. The number of piperazine rings is 1. The van der Waals surface area contributed by atoms with Crippen molar-refractivity contribution in [2.45, 2.75) is 64.5 Å². The van der Waals surface area contributed by atoms with Gasteiger partial charge in [0.1, 0.15) is 0 Å². The van der Waals surface area contributed by atoms with Crippen LogP contribution in [0.5, 0.6) is 0 Å². The van der Waals surface area contributed by atoms with Gasteiger partial charge in [-0.3, -0.25) is 4.90 Å². The number of benzene rings is 1. The van der Waals surface area contributed by atoms with Gasteiger partial charge in [0, 0.05) is 30.7 Å². The van der Waals surface area contributed by atoms with Crippen molar-refractivity contribution < 1.29 is 0 Å². The third-order valence-corrected chi connectivity index (χ3v) is 5.73. The first kappa shape index (κ1) is 16.5. The molecule has 1 aliphatic rings. The molecule has 1 aromatic rings. The number of rotatable bonds is 6. The van der Waals surface area contributed by atoms with Crippen LogP contribution < -0.4 is 5.32 Å². The summed E-state index contributed by atoms with van der Waals surface area (Å²) in [5, 5.41) is 3.86. The summed E-state index contributed by atoms with van der Waals surface area (Å²) >= 11 is 0. The van der Waals surface area contributed by atoms with Crippen LogP contribution in [0.25, 0.3) is 0 Å². The van der Waals surface area contributed by atoms with Gasteiger partial charge in [0.05, 0.1) is 0 Å². The summed E-state index contributed by atoms with van der Waals surface area (Å²) < 4.78 is 0. The SMILES string of the molecule is CCC1(CC)CN(CCc2ccccc2)C(C)(CC)CN1. The fourth-order valence-corrected chi connectivity index (χ4v) is 3.43. The lowest BCUT2D eigenvalue weighted by Gasteiger charge is -2.53. The van der Waals surface area contributed by atoms with Crippen molar-refractivity contribution in [1.29, 1.82) is 0 Å². The van der Waals surface area contributed by atoms with E-state index in [-0.39, 0.29) is 0 Å². The van der Waals surface area contributed by atoms with Crippen molar-refractivity contribution in [2.75, 3.05) is 19.6 Å². The molecule has 0 amide bonds. The summed E-state index contributed by atoms with van der Waals surface area (Å²) in [6.45, 7) is 12.8. The molecule has 1 heterocycles. The summed E-state index contributed by atoms with van der Waals surface area (Å²) in [7, 11) is 0. The van der Waals surface area contributed by atoms with Crippen molar-refractivity contribution in [2.24, 2.45) is 0 Å². The molecule has 2 rings (SSSR count). The second-order valence-corrected chi connectivity index (χ2v) is 6.85. The molecule has 0 aliphatic carbocycles. The molecule has 1 fully saturated rings. The van der Waals surface area contributed by atoms with E-state index >= 15 is 0 Å². The van der Waals surface area contributed by atoms with Gasteiger partial charge in [-0.05, 0) is 38.2 Å². The fraction of sp³-hybridized carbons (Fsp3) is 0.684. The highest BCUT2D eigenvalue weighted by molar-refractivity contribution is 5.15. The van der Waals surface area contributed by atoms with E-state index in [4.69, 9.17) is 0 Å². The zero-order chi connectivity index (χ0) is 15.3. The van der Waals surface area contributed by atoms with Crippen LogP contribution in [0.4, 0.5) is 0 Å². The summed E-state index contributed by atoms with van der Waals surface area (Å²) in [5.41, 5.74) is 2.06. The molecule has 1 saturated heterocycles.